The van der Waals surface area contributed by atoms with Crippen LogP contribution in [-0.2, 0) is 14.6 Å². The minimum atomic E-state index is -3.36. The number of ether oxygens (including phenoxy) is 1. The Balaban J connectivity index is 1.89. The van der Waals surface area contributed by atoms with Crippen LogP contribution in [0.15, 0.2) is 59.5 Å². The predicted octanol–water partition coefficient (Wildman–Crippen LogP) is 2.84. The van der Waals surface area contributed by atoms with E-state index in [0.29, 0.717) is 18.1 Å². The molecule has 1 atom stereocenters. The summed E-state index contributed by atoms with van der Waals surface area (Å²) in [6.45, 7) is 4.75. The second-order valence-electron chi connectivity index (χ2n) is 6.17. The lowest BCUT2D eigenvalue weighted by molar-refractivity contribution is 0.0205. The Bertz CT molecular complexity index is 751. The standard InChI is InChI=1S/C19H23NO3S/c1-16-7-9-18(10-8-16)24(21,22)15-19(17-5-3-2-4-6-17)20-11-13-23-14-12-20/h2-10,19H,11-15H2,1H3/t19-/m0/s1. The second kappa shape index (κ2) is 7.47. The highest BCUT2D eigenvalue weighted by Gasteiger charge is 2.28. The van der Waals surface area contributed by atoms with Crippen molar-refractivity contribution in [1.82, 2.24) is 4.90 Å². The Labute approximate surface area is 144 Å². The first-order chi connectivity index (χ1) is 11.6. The van der Waals surface area contributed by atoms with E-state index >= 15 is 0 Å². The van der Waals surface area contributed by atoms with E-state index in [2.05, 4.69) is 4.90 Å². The quantitative estimate of drug-likeness (QED) is 0.836. The van der Waals surface area contributed by atoms with E-state index in [4.69, 9.17) is 4.74 Å². The fourth-order valence-electron chi connectivity index (χ4n) is 3.03. The Morgan fingerprint density at radius 1 is 1.00 bits per heavy atom. The molecule has 128 valence electrons. The number of aryl methyl sites for hydroxylation is 1. The Morgan fingerprint density at radius 2 is 1.62 bits per heavy atom. The van der Waals surface area contributed by atoms with Crippen molar-refractivity contribution in [2.45, 2.75) is 17.9 Å². The summed E-state index contributed by atoms with van der Waals surface area (Å²) in [5.41, 5.74) is 2.09. The predicted molar refractivity (Wildman–Crippen MR) is 94.8 cm³/mol. The first-order valence-electron chi connectivity index (χ1n) is 8.22. The molecule has 1 fully saturated rings. The van der Waals surface area contributed by atoms with Crippen LogP contribution in [0.4, 0.5) is 0 Å². The zero-order valence-electron chi connectivity index (χ0n) is 13.9. The minimum Gasteiger partial charge on any atom is -0.379 e. The number of hydrogen-bond donors (Lipinski definition) is 0. The zero-order chi connectivity index (χ0) is 17.0. The average molecular weight is 345 g/mol. The number of hydrogen-bond acceptors (Lipinski definition) is 4. The highest BCUT2D eigenvalue weighted by Crippen LogP contribution is 2.26. The minimum absolute atomic E-state index is 0.0834. The molecule has 0 N–H and O–H groups in total. The van der Waals surface area contributed by atoms with Gasteiger partial charge in [0.1, 0.15) is 0 Å². The SMILES string of the molecule is Cc1ccc(S(=O)(=O)C[C@@H](c2ccccc2)N2CCOCC2)cc1. The smallest absolute Gasteiger partial charge is 0.180 e. The summed E-state index contributed by atoms with van der Waals surface area (Å²) in [4.78, 5) is 2.60. The molecule has 4 nitrogen and oxygen atoms in total. The van der Waals surface area contributed by atoms with Gasteiger partial charge in [-0.1, -0.05) is 48.0 Å². The largest absolute Gasteiger partial charge is 0.379 e. The van der Waals surface area contributed by atoms with Crippen LogP contribution in [0.1, 0.15) is 17.2 Å². The highest BCUT2D eigenvalue weighted by atomic mass is 32.2. The van der Waals surface area contributed by atoms with Crippen LogP contribution in [0.3, 0.4) is 0 Å². The number of benzene rings is 2. The monoisotopic (exact) mass is 345 g/mol. The van der Waals surface area contributed by atoms with E-state index in [-0.39, 0.29) is 11.8 Å². The Hall–Kier alpha value is -1.69. The molecule has 0 saturated carbocycles. The maximum absolute atomic E-state index is 12.9. The van der Waals surface area contributed by atoms with Gasteiger partial charge in [-0.25, -0.2) is 8.42 Å². The molecule has 1 heterocycles. The van der Waals surface area contributed by atoms with Crippen LogP contribution < -0.4 is 0 Å². The van der Waals surface area contributed by atoms with Crippen LogP contribution in [0, 0.1) is 6.92 Å². The van der Waals surface area contributed by atoms with Crippen LogP contribution >= 0.6 is 0 Å². The average Bonchev–Trinajstić information content (AvgIpc) is 2.62. The fraction of sp³-hybridized carbons (Fsp3) is 0.368. The Morgan fingerprint density at radius 3 is 2.25 bits per heavy atom. The topological polar surface area (TPSA) is 46.6 Å². The van der Waals surface area contributed by atoms with Gasteiger partial charge >= 0.3 is 0 Å². The van der Waals surface area contributed by atoms with Crippen molar-refractivity contribution in [3.63, 3.8) is 0 Å². The summed E-state index contributed by atoms with van der Waals surface area (Å²) < 4.78 is 31.2. The summed E-state index contributed by atoms with van der Waals surface area (Å²) in [6, 6.07) is 16.8. The summed E-state index contributed by atoms with van der Waals surface area (Å²) >= 11 is 0. The molecule has 24 heavy (non-hydrogen) atoms. The lowest BCUT2D eigenvalue weighted by atomic mass is 10.1. The van der Waals surface area contributed by atoms with Crippen LogP contribution in [0.5, 0.6) is 0 Å². The number of sulfone groups is 1. The van der Waals surface area contributed by atoms with E-state index in [1.165, 1.54) is 0 Å². The highest BCUT2D eigenvalue weighted by molar-refractivity contribution is 7.91. The molecule has 0 amide bonds. The number of nitrogens with zero attached hydrogens (tertiary/aromatic N) is 1. The van der Waals surface area contributed by atoms with Crippen molar-refractivity contribution >= 4 is 9.84 Å². The molecule has 5 heteroatoms. The zero-order valence-corrected chi connectivity index (χ0v) is 14.7. The molecular weight excluding hydrogens is 322 g/mol. The van der Waals surface area contributed by atoms with Gasteiger partial charge in [0.25, 0.3) is 0 Å². The lowest BCUT2D eigenvalue weighted by Gasteiger charge is -2.34. The summed E-state index contributed by atoms with van der Waals surface area (Å²) in [5.74, 6) is 0.0834. The van der Waals surface area contributed by atoms with Gasteiger partial charge in [0.2, 0.25) is 0 Å². The van der Waals surface area contributed by atoms with Gasteiger partial charge < -0.3 is 4.74 Å². The molecule has 3 rings (SSSR count). The summed E-state index contributed by atoms with van der Waals surface area (Å²) in [5, 5.41) is 0. The third-order valence-electron chi connectivity index (χ3n) is 4.43. The van der Waals surface area contributed by atoms with Crippen molar-refractivity contribution in [1.29, 1.82) is 0 Å². The molecule has 2 aromatic carbocycles. The third-order valence-corrected chi connectivity index (χ3v) is 6.17. The molecule has 1 saturated heterocycles. The van der Waals surface area contributed by atoms with Crippen LogP contribution in [-0.4, -0.2) is 45.4 Å². The molecule has 1 aliphatic rings. The number of morpholine rings is 1. The molecule has 0 radical (unpaired) electrons. The van der Waals surface area contributed by atoms with Gasteiger partial charge in [0.05, 0.1) is 23.9 Å². The van der Waals surface area contributed by atoms with E-state index in [1.807, 2.05) is 49.4 Å². The molecule has 2 aromatic rings. The second-order valence-corrected chi connectivity index (χ2v) is 8.20. The molecule has 0 unspecified atom stereocenters. The lowest BCUT2D eigenvalue weighted by Crippen LogP contribution is -2.41. The van der Waals surface area contributed by atoms with E-state index in [9.17, 15) is 8.42 Å². The molecular formula is C19H23NO3S. The van der Waals surface area contributed by atoms with Crippen molar-refractivity contribution in [2.75, 3.05) is 32.1 Å². The molecule has 0 aliphatic carbocycles. The van der Waals surface area contributed by atoms with E-state index < -0.39 is 9.84 Å². The molecule has 0 spiro atoms. The summed E-state index contributed by atoms with van der Waals surface area (Å²) in [7, 11) is -3.36. The van der Waals surface area contributed by atoms with Crippen molar-refractivity contribution in [3.05, 3.63) is 65.7 Å². The van der Waals surface area contributed by atoms with Crippen LogP contribution in [0.25, 0.3) is 0 Å². The molecule has 0 bridgehead atoms. The first-order valence-corrected chi connectivity index (χ1v) is 9.88. The van der Waals surface area contributed by atoms with Gasteiger partial charge in [-0.3, -0.25) is 4.90 Å². The van der Waals surface area contributed by atoms with E-state index in [0.717, 1.165) is 24.2 Å². The van der Waals surface area contributed by atoms with Crippen molar-refractivity contribution in [2.24, 2.45) is 0 Å². The van der Waals surface area contributed by atoms with Crippen LogP contribution in [0.2, 0.25) is 0 Å². The summed E-state index contributed by atoms with van der Waals surface area (Å²) in [6.07, 6.45) is 0. The van der Waals surface area contributed by atoms with Gasteiger partial charge in [0.15, 0.2) is 9.84 Å². The van der Waals surface area contributed by atoms with Crippen molar-refractivity contribution in [3.8, 4) is 0 Å². The first kappa shape index (κ1) is 17.1. The van der Waals surface area contributed by atoms with Gasteiger partial charge in [-0.05, 0) is 24.6 Å². The van der Waals surface area contributed by atoms with Gasteiger partial charge in [-0.15, -0.1) is 0 Å². The van der Waals surface area contributed by atoms with Gasteiger partial charge in [-0.2, -0.15) is 0 Å². The maximum Gasteiger partial charge on any atom is 0.180 e. The van der Waals surface area contributed by atoms with Gasteiger partial charge in [0, 0.05) is 19.1 Å². The maximum atomic E-state index is 12.9. The molecule has 1 aliphatic heterocycles. The normalized spacial score (nSPS) is 17.5. The third kappa shape index (κ3) is 4.04. The van der Waals surface area contributed by atoms with E-state index in [1.54, 1.807) is 12.1 Å². The molecule has 0 aromatic heterocycles. The van der Waals surface area contributed by atoms with Crippen molar-refractivity contribution < 1.29 is 13.2 Å². The Kier molecular flexibility index (Phi) is 5.33. The fourth-order valence-corrected chi connectivity index (χ4v) is 4.59. The number of rotatable bonds is 5.